The molecule has 1 aromatic heterocycles. The molecular weight excluding hydrogens is 512 g/mol. The molecule has 35 heavy (non-hydrogen) atoms. The number of hydroxylamine groups is 2. The predicted octanol–water partition coefficient (Wildman–Crippen LogP) is 5.67. The number of aryl methyl sites for hydroxylation is 1. The molecule has 188 valence electrons. The monoisotopic (exact) mass is 544 g/mol. The van der Waals surface area contributed by atoms with Crippen LogP contribution in [0.5, 0.6) is 11.5 Å². The molecular formula is C26H33BrN4O4. The lowest BCUT2D eigenvalue weighted by molar-refractivity contribution is -0.168. The van der Waals surface area contributed by atoms with Gasteiger partial charge in [-0.25, -0.2) is 15.0 Å². The van der Waals surface area contributed by atoms with Crippen molar-refractivity contribution in [2.75, 3.05) is 33.2 Å². The summed E-state index contributed by atoms with van der Waals surface area (Å²) in [6.45, 7) is 3.08. The highest BCUT2D eigenvalue weighted by molar-refractivity contribution is 9.10. The van der Waals surface area contributed by atoms with Gasteiger partial charge in [0.25, 0.3) is 0 Å². The van der Waals surface area contributed by atoms with Crippen molar-refractivity contribution in [2.45, 2.75) is 45.6 Å². The van der Waals surface area contributed by atoms with Crippen LogP contribution in [-0.4, -0.2) is 48.8 Å². The van der Waals surface area contributed by atoms with Crippen LogP contribution in [0.1, 0.15) is 43.5 Å². The maximum absolute atomic E-state index is 11.7. The van der Waals surface area contributed by atoms with E-state index < -0.39 is 0 Å². The molecule has 1 amide bonds. The molecule has 3 rings (SSSR count). The Hall–Kier alpha value is -2.91. The lowest BCUT2D eigenvalue weighted by Gasteiger charge is -2.15. The summed E-state index contributed by atoms with van der Waals surface area (Å²) in [5, 5.41) is 5.57. The molecule has 0 spiro atoms. The number of amides is 1. The fourth-order valence-corrected chi connectivity index (χ4v) is 4.11. The van der Waals surface area contributed by atoms with Crippen LogP contribution in [0.3, 0.4) is 0 Å². The molecule has 1 heterocycles. The minimum Gasteiger partial charge on any atom is -0.493 e. The molecule has 9 heteroatoms. The molecule has 3 aromatic rings. The normalized spacial score (nSPS) is 10.9. The number of carbonyl (C=O) groups is 1. The Balaban J connectivity index is 1.60. The summed E-state index contributed by atoms with van der Waals surface area (Å²) in [5.41, 5.74) is 1.94. The molecule has 0 aliphatic carbocycles. The standard InChI is InChI=1S/C26H33BrN4O4/c1-18-29-22-16-24(35-13-8-6-5-7-12-25(32)31(2)34-4)23(33-3)15-21(22)26(30-18)28-17-19-10-9-11-20(27)14-19/h9-11,14-16H,5-8,12-13,17H2,1-4H3,(H,28,29,30). The van der Waals surface area contributed by atoms with E-state index in [4.69, 9.17) is 14.3 Å². The van der Waals surface area contributed by atoms with Gasteiger partial charge >= 0.3 is 0 Å². The molecule has 0 atom stereocenters. The van der Waals surface area contributed by atoms with E-state index in [0.29, 0.717) is 36.9 Å². The molecule has 0 aliphatic rings. The summed E-state index contributed by atoms with van der Waals surface area (Å²) < 4.78 is 12.7. The topological polar surface area (TPSA) is 85.8 Å². The Morgan fingerprint density at radius 1 is 1.06 bits per heavy atom. The number of nitrogens with one attached hydrogen (secondary N) is 1. The number of carbonyl (C=O) groups excluding carboxylic acids is 1. The van der Waals surface area contributed by atoms with Crippen molar-refractivity contribution < 1.29 is 19.1 Å². The SMILES string of the molecule is COc1cc2c(NCc3cccc(Br)c3)nc(C)nc2cc1OCCCCCCC(=O)N(C)OC. The Labute approximate surface area is 215 Å². The van der Waals surface area contributed by atoms with E-state index in [1.165, 1.54) is 12.2 Å². The molecule has 8 nitrogen and oxygen atoms in total. The van der Waals surface area contributed by atoms with Crippen LogP contribution < -0.4 is 14.8 Å². The number of nitrogens with zero attached hydrogens (tertiary/aromatic N) is 3. The van der Waals surface area contributed by atoms with Gasteiger partial charge in [-0.05, 0) is 43.5 Å². The number of unbranched alkanes of at least 4 members (excludes halogenated alkanes) is 3. The van der Waals surface area contributed by atoms with Crippen molar-refractivity contribution >= 4 is 38.6 Å². The zero-order valence-corrected chi connectivity index (χ0v) is 22.4. The largest absolute Gasteiger partial charge is 0.493 e. The van der Waals surface area contributed by atoms with Crippen molar-refractivity contribution in [3.05, 3.63) is 52.3 Å². The van der Waals surface area contributed by atoms with Gasteiger partial charge in [0.15, 0.2) is 11.5 Å². The van der Waals surface area contributed by atoms with Gasteiger partial charge in [0, 0.05) is 35.9 Å². The van der Waals surface area contributed by atoms with Crippen molar-refractivity contribution in [3.8, 4) is 11.5 Å². The molecule has 0 aliphatic heterocycles. The zero-order valence-electron chi connectivity index (χ0n) is 20.8. The summed E-state index contributed by atoms with van der Waals surface area (Å²) in [6.07, 6.45) is 4.14. The fraction of sp³-hybridized carbons (Fsp3) is 0.423. The van der Waals surface area contributed by atoms with Gasteiger partial charge in [0.2, 0.25) is 5.91 Å². The molecule has 0 fully saturated rings. The van der Waals surface area contributed by atoms with Gasteiger partial charge in [0.05, 0.1) is 26.3 Å². The molecule has 2 aromatic carbocycles. The third-order valence-corrected chi connectivity index (χ3v) is 6.10. The Morgan fingerprint density at radius 2 is 1.86 bits per heavy atom. The minimum atomic E-state index is -0.00701. The Bertz CT molecular complexity index is 1140. The summed E-state index contributed by atoms with van der Waals surface area (Å²) in [5.74, 6) is 2.73. The third-order valence-electron chi connectivity index (χ3n) is 5.61. The van der Waals surface area contributed by atoms with E-state index in [9.17, 15) is 4.79 Å². The van der Waals surface area contributed by atoms with E-state index in [1.54, 1.807) is 14.2 Å². The van der Waals surface area contributed by atoms with Gasteiger partial charge in [-0.3, -0.25) is 9.63 Å². The minimum absolute atomic E-state index is 0.00701. The quantitative estimate of drug-likeness (QED) is 0.219. The highest BCUT2D eigenvalue weighted by Crippen LogP contribution is 2.34. The second-order valence-corrected chi connectivity index (χ2v) is 9.13. The lowest BCUT2D eigenvalue weighted by atomic mass is 10.1. The maximum Gasteiger partial charge on any atom is 0.245 e. The van der Waals surface area contributed by atoms with Crippen LogP contribution in [0.15, 0.2) is 40.9 Å². The summed E-state index contributed by atoms with van der Waals surface area (Å²) in [6, 6.07) is 12.0. The Kier molecular flexibility index (Phi) is 10.1. The molecule has 1 N–H and O–H groups in total. The molecule has 0 saturated heterocycles. The summed E-state index contributed by atoms with van der Waals surface area (Å²) in [7, 11) is 4.75. The smallest absolute Gasteiger partial charge is 0.245 e. The van der Waals surface area contributed by atoms with Gasteiger partial charge in [-0.2, -0.15) is 0 Å². The third kappa shape index (κ3) is 7.80. The van der Waals surface area contributed by atoms with Crippen molar-refractivity contribution in [1.29, 1.82) is 0 Å². The van der Waals surface area contributed by atoms with E-state index >= 15 is 0 Å². The van der Waals surface area contributed by atoms with Crippen LogP contribution >= 0.6 is 15.9 Å². The van der Waals surface area contributed by atoms with Crippen molar-refractivity contribution in [3.63, 3.8) is 0 Å². The fourth-order valence-electron chi connectivity index (χ4n) is 3.67. The maximum atomic E-state index is 11.7. The number of halogens is 1. The summed E-state index contributed by atoms with van der Waals surface area (Å²) in [4.78, 5) is 25.9. The second kappa shape index (κ2) is 13.3. The molecule has 0 bridgehead atoms. The first kappa shape index (κ1) is 26.7. The van der Waals surface area contributed by atoms with Crippen molar-refractivity contribution in [2.24, 2.45) is 0 Å². The van der Waals surface area contributed by atoms with Gasteiger partial charge in [-0.15, -0.1) is 0 Å². The number of aromatic nitrogens is 2. The van der Waals surface area contributed by atoms with E-state index in [1.807, 2.05) is 31.2 Å². The Morgan fingerprint density at radius 3 is 2.60 bits per heavy atom. The van der Waals surface area contributed by atoms with E-state index in [2.05, 4.69) is 43.3 Å². The average molecular weight is 545 g/mol. The first-order valence-electron chi connectivity index (χ1n) is 11.7. The van der Waals surface area contributed by atoms with Crippen LogP contribution in [0.25, 0.3) is 10.9 Å². The summed E-state index contributed by atoms with van der Waals surface area (Å²) >= 11 is 3.51. The number of benzene rings is 2. The molecule has 0 unspecified atom stereocenters. The number of ether oxygens (including phenoxy) is 2. The van der Waals surface area contributed by atoms with Crippen molar-refractivity contribution in [1.82, 2.24) is 15.0 Å². The zero-order chi connectivity index (χ0) is 25.2. The van der Waals surface area contributed by atoms with Crippen LogP contribution in [0.2, 0.25) is 0 Å². The lowest BCUT2D eigenvalue weighted by Crippen LogP contribution is -2.24. The highest BCUT2D eigenvalue weighted by Gasteiger charge is 2.13. The first-order valence-corrected chi connectivity index (χ1v) is 12.5. The number of fused-ring (bicyclic) bond motifs is 1. The second-order valence-electron chi connectivity index (χ2n) is 8.21. The highest BCUT2D eigenvalue weighted by atomic mass is 79.9. The predicted molar refractivity (Wildman–Crippen MR) is 141 cm³/mol. The number of rotatable bonds is 13. The van der Waals surface area contributed by atoms with E-state index in [0.717, 1.165) is 52.4 Å². The van der Waals surface area contributed by atoms with E-state index in [-0.39, 0.29) is 5.91 Å². The number of anilines is 1. The van der Waals surface area contributed by atoms with Crippen LogP contribution in [0, 0.1) is 6.92 Å². The number of methoxy groups -OCH3 is 1. The van der Waals surface area contributed by atoms with Gasteiger partial charge < -0.3 is 14.8 Å². The van der Waals surface area contributed by atoms with Gasteiger partial charge in [0.1, 0.15) is 11.6 Å². The molecule has 0 saturated carbocycles. The van der Waals surface area contributed by atoms with Gasteiger partial charge in [-0.1, -0.05) is 40.9 Å². The number of hydrogen-bond donors (Lipinski definition) is 1. The first-order chi connectivity index (χ1) is 16.9. The van der Waals surface area contributed by atoms with Crippen LogP contribution in [-0.2, 0) is 16.2 Å². The number of hydrogen-bond acceptors (Lipinski definition) is 7. The molecule has 0 radical (unpaired) electrons. The average Bonchev–Trinajstić information content (AvgIpc) is 2.85. The van der Waals surface area contributed by atoms with Crippen LogP contribution in [0.4, 0.5) is 5.82 Å².